The van der Waals surface area contributed by atoms with Crippen LogP contribution in [0.15, 0.2) is 40.9 Å². The summed E-state index contributed by atoms with van der Waals surface area (Å²) in [5.74, 6) is -0.361. The third-order valence-corrected chi connectivity index (χ3v) is 8.77. The van der Waals surface area contributed by atoms with E-state index < -0.39 is 30.1 Å². The molecule has 2 aliphatic carbocycles. The van der Waals surface area contributed by atoms with Crippen LogP contribution in [0.2, 0.25) is 0 Å². The van der Waals surface area contributed by atoms with Gasteiger partial charge in [-0.3, -0.25) is 14.9 Å². The monoisotopic (exact) mass is 701 g/mol. The van der Waals surface area contributed by atoms with Crippen LogP contribution in [0.25, 0.3) is 11.5 Å². The van der Waals surface area contributed by atoms with Gasteiger partial charge in [-0.15, -0.1) is 0 Å². The molecule has 1 unspecified atom stereocenters. The maximum atomic E-state index is 14.7. The second kappa shape index (κ2) is 16.1. The number of carbonyl (C=O) groups is 4. The lowest BCUT2D eigenvalue weighted by molar-refractivity contribution is -0.137. The summed E-state index contributed by atoms with van der Waals surface area (Å²) < 4.78 is 45.4. The minimum absolute atomic E-state index is 0.00219. The highest BCUT2D eigenvalue weighted by Crippen LogP contribution is 2.39. The van der Waals surface area contributed by atoms with Gasteiger partial charge in [-0.1, -0.05) is 0 Å². The summed E-state index contributed by atoms with van der Waals surface area (Å²) in [7, 11) is 1.71. The molecule has 50 heavy (non-hydrogen) atoms. The summed E-state index contributed by atoms with van der Waals surface area (Å²) in [5.41, 5.74) is -0.330. The molecule has 2 saturated carbocycles. The van der Waals surface area contributed by atoms with Crippen LogP contribution < -0.4 is 10.6 Å². The van der Waals surface area contributed by atoms with Gasteiger partial charge in [0.05, 0.1) is 12.3 Å². The molecule has 2 fully saturated rings. The van der Waals surface area contributed by atoms with Gasteiger partial charge in [0.1, 0.15) is 36.6 Å². The van der Waals surface area contributed by atoms with E-state index in [0.717, 1.165) is 19.1 Å². The molecular weight excluding hydrogens is 656 g/mol. The number of alkyl halides is 2. The van der Waals surface area contributed by atoms with E-state index in [1.54, 1.807) is 50.0 Å². The van der Waals surface area contributed by atoms with Crippen molar-refractivity contribution in [3.05, 3.63) is 42.2 Å². The van der Waals surface area contributed by atoms with E-state index in [2.05, 4.69) is 20.6 Å². The standard InChI is InChI=1S/C34H45F2N7O7/c1-34(2,3)50-33(47)40-27-17-23(11-12-37-27)31-39-26(20-49-31)30(45)38-25-19-42(43(18-21-5-6-21)28(25)29(35)36)24-9-7-22(8-10-24)32(46)41(4)13-15-48-16-14-44/h11-12,14,17,19-22,24,28-29H,5-10,13,15-16,18H2,1-4H3,(H,38,45)(H,37,40,47). The van der Waals surface area contributed by atoms with E-state index in [-0.39, 0.29) is 54.2 Å². The Morgan fingerprint density at radius 1 is 1.14 bits per heavy atom. The van der Waals surface area contributed by atoms with Gasteiger partial charge < -0.3 is 33.9 Å². The Bertz CT molecular complexity index is 1550. The number of nitrogens with one attached hydrogen (secondary N) is 2. The van der Waals surface area contributed by atoms with Crippen LogP contribution in [0.5, 0.6) is 0 Å². The number of hydrogen-bond donors (Lipinski definition) is 2. The number of aromatic nitrogens is 2. The minimum Gasteiger partial charge on any atom is -0.444 e. The van der Waals surface area contributed by atoms with Crippen molar-refractivity contribution < 1.29 is 41.8 Å². The van der Waals surface area contributed by atoms with Crippen molar-refractivity contribution in [2.45, 2.75) is 83.4 Å². The number of hydrazine groups is 1. The van der Waals surface area contributed by atoms with Gasteiger partial charge in [-0.2, -0.15) is 0 Å². The zero-order chi connectivity index (χ0) is 36.0. The molecule has 3 aliphatic rings. The average Bonchev–Trinajstić information content (AvgIpc) is 3.61. The summed E-state index contributed by atoms with van der Waals surface area (Å²) in [5, 5.41) is 8.72. The second-order valence-corrected chi connectivity index (χ2v) is 13.9. The van der Waals surface area contributed by atoms with Crippen molar-refractivity contribution in [1.29, 1.82) is 0 Å². The van der Waals surface area contributed by atoms with Crippen molar-refractivity contribution in [3.63, 3.8) is 0 Å². The summed E-state index contributed by atoms with van der Waals surface area (Å²) in [4.78, 5) is 59.0. The molecule has 272 valence electrons. The first-order valence-electron chi connectivity index (χ1n) is 16.9. The molecule has 0 aromatic carbocycles. The molecule has 0 spiro atoms. The molecule has 14 nitrogen and oxygen atoms in total. The number of carbonyl (C=O) groups excluding carboxylic acids is 4. The minimum atomic E-state index is -2.78. The predicted octanol–water partition coefficient (Wildman–Crippen LogP) is 4.46. The van der Waals surface area contributed by atoms with Crippen LogP contribution in [0, 0.1) is 11.8 Å². The molecule has 2 N–H and O–H groups in total. The van der Waals surface area contributed by atoms with Crippen LogP contribution in [0.1, 0.15) is 69.8 Å². The third kappa shape index (κ3) is 9.62. The average molecular weight is 702 g/mol. The van der Waals surface area contributed by atoms with Crippen LogP contribution >= 0.6 is 0 Å². The third-order valence-electron chi connectivity index (χ3n) is 8.77. The molecule has 2 aromatic heterocycles. The maximum Gasteiger partial charge on any atom is 0.413 e. The number of pyridine rings is 1. The number of likely N-dealkylation sites (N-methyl/N-ethyl adjacent to an activating group) is 1. The number of rotatable bonds is 14. The molecule has 0 bridgehead atoms. The largest absolute Gasteiger partial charge is 0.444 e. The number of hydrogen-bond acceptors (Lipinski definition) is 11. The van der Waals surface area contributed by atoms with E-state index in [1.165, 1.54) is 12.3 Å². The Balaban J connectivity index is 1.25. The molecular formula is C34H45F2N7O7. The van der Waals surface area contributed by atoms with Gasteiger partial charge in [-0.25, -0.2) is 28.6 Å². The lowest BCUT2D eigenvalue weighted by Crippen LogP contribution is -2.52. The van der Waals surface area contributed by atoms with Gasteiger partial charge in [0, 0.05) is 50.1 Å². The first kappa shape index (κ1) is 36.8. The number of ether oxygens (including phenoxy) is 2. The number of anilines is 1. The Morgan fingerprint density at radius 3 is 2.54 bits per heavy atom. The fourth-order valence-corrected chi connectivity index (χ4v) is 6.15. The molecule has 16 heteroatoms. The number of oxazole rings is 1. The quantitative estimate of drug-likeness (QED) is 0.212. The lowest BCUT2D eigenvalue weighted by Gasteiger charge is -2.41. The highest BCUT2D eigenvalue weighted by molar-refractivity contribution is 5.93. The maximum absolute atomic E-state index is 14.7. The van der Waals surface area contributed by atoms with Gasteiger partial charge in [-0.05, 0) is 77.3 Å². The number of nitrogens with zero attached hydrogens (tertiary/aromatic N) is 5. The number of halogens is 2. The van der Waals surface area contributed by atoms with Crippen molar-refractivity contribution in [3.8, 4) is 11.5 Å². The van der Waals surface area contributed by atoms with E-state index in [0.29, 0.717) is 56.5 Å². The van der Waals surface area contributed by atoms with Crippen LogP contribution in [0.4, 0.5) is 19.4 Å². The number of aldehydes is 1. The molecule has 0 saturated heterocycles. The SMILES string of the molecule is CN(CCOCC=O)C(=O)C1CCC(N2C=C(NC(=O)c3coc(-c4ccnc(NC(=O)OC(C)(C)C)c4)n3)C(C(F)F)N2CC2CC2)CC1. The second-order valence-electron chi connectivity index (χ2n) is 13.9. The molecule has 1 aliphatic heterocycles. The van der Waals surface area contributed by atoms with E-state index in [4.69, 9.17) is 13.9 Å². The highest BCUT2D eigenvalue weighted by atomic mass is 19.3. The van der Waals surface area contributed by atoms with Crippen LogP contribution in [-0.2, 0) is 19.1 Å². The van der Waals surface area contributed by atoms with E-state index in [9.17, 15) is 28.0 Å². The van der Waals surface area contributed by atoms with Crippen molar-refractivity contribution >= 4 is 30.0 Å². The van der Waals surface area contributed by atoms with E-state index >= 15 is 0 Å². The fourth-order valence-electron chi connectivity index (χ4n) is 6.15. The zero-order valence-electron chi connectivity index (χ0n) is 28.8. The molecule has 3 heterocycles. The number of amides is 3. The van der Waals surface area contributed by atoms with Crippen LogP contribution in [0.3, 0.4) is 0 Å². The molecule has 0 radical (unpaired) electrons. The van der Waals surface area contributed by atoms with Crippen LogP contribution in [-0.4, -0.2) is 107 Å². The Morgan fingerprint density at radius 2 is 1.88 bits per heavy atom. The van der Waals surface area contributed by atoms with Gasteiger partial charge in [0.15, 0.2) is 5.69 Å². The van der Waals surface area contributed by atoms with Crippen molar-refractivity contribution in [2.24, 2.45) is 11.8 Å². The highest BCUT2D eigenvalue weighted by Gasteiger charge is 2.45. The predicted molar refractivity (Wildman–Crippen MR) is 176 cm³/mol. The van der Waals surface area contributed by atoms with Crippen molar-refractivity contribution in [1.82, 2.24) is 30.2 Å². The summed E-state index contributed by atoms with van der Waals surface area (Å²) >= 11 is 0. The molecule has 2 aromatic rings. The van der Waals surface area contributed by atoms with Gasteiger partial charge in [0.2, 0.25) is 11.8 Å². The Kier molecular flexibility index (Phi) is 11.8. The van der Waals surface area contributed by atoms with Gasteiger partial charge >= 0.3 is 6.09 Å². The van der Waals surface area contributed by atoms with Gasteiger partial charge in [0.25, 0.3) is 12.3 Å². The Labute approximate surface area is 289 Å². The smallest absolute Gasteiger partial charge is 0.413 e. The first-order chi connectivity index (χ1) is 23.8. The molecule has 1 atom stereocenters. The zero-order valence-corrected chi connectivity index (χ0v) is 28.8. The first-order valence-corrected chi connectivity index (χ1v) is 16.9. The normalized spacial score (nSPS) is 21.1. The Hall–Kier alpha value is -4.44. The topological polar surface area (TPSA) is 159 Å². The lowest BCUT2D eigenvalue weighted by atomic mass is 9.85. The van der Waals surface area contributed by atoms with Crippen molar-refractivity contribution in [2.75, 3.05) is 38.7 Å². The molecule has 5 rings (SSSR count). The fraction of sp³-hybridized carbons (Fsp3) is 0.588. The molecule has 3 amide bonds. The summed E-state index contributed by atoms with van der Waals surface area (Å²) in [6.07, 6.45) is 5.69. The summed E-state index contributed by atoms with van der Waals surface area (Å²) in [6, 6.07) is 1.61. The van der Waals surface area contributed by atoms with E-state index in [1.807, 2.05) is 5.01 Å². The summed E-state index contributed by atoms with van der Waals surface area (Å²) in [6.45, 7) is 6.26.